The van der Waals surface area contributed by atoms with Crippen molar-refractivity contribution in [2.75, 3.05) is 54.9 Å². The summed E-state index contributed by atoms with van der Waals surface area (Å²) < 4.78 is 19.7. The predicted octanol–water partition coefficient (Wildman–Crippen LogP) is 5.24. The van der Waals surface area contributed by atoms with Crippen LogP contribution in [0.1, 0.15) is 77.0 Å². The summed E-state index contributed by atoms with van der Waals surface area (Å²) >= 11 is 0. The molecule has 0 aromatic carbocycles. The van der Waals surface area contributed by atoms with Crippen LogP contribution >= 0.6 is 0 Å². The smallest absolute Gasteiger partial charge is 0.0463 e. The summed E-state index contributed by atoms with van der Waals surface area (Å²) in [5, 5.41) is 0. The van der Waals surface area contributed by atoms with Crippen LogP contribution in [-0.4, -0.2) is 54.9 Å². The molecule has 0 aliphatic heterocycles. The maximum atomic E-state index is 5.02. The second kappa shape index (κ2) is 27.7. The van der Waals surface area contributed by atoms with E-state index in [-0.39, 0.29) is 0 Å². The van der Waals surface area contributed by atoms with Crippen molar-refractivity contribution in [3.63, 3.8) is 0 Å². The lowest BCUT2D eigenvalue weighted by Crippen LogP contribution is -1.92. The summed E-state index contributed by atoms with van der Waals surface area (Å²) in [4.78, 5) is 0. The van der Waals surface area contributed by atoms with Crippen molar-refractivity contribution in [1.29, 1.82) is 0 Å². The molecule has 0 N–H and O–H groups in total. The van der Waals surface area contributed by atoms with E-state index in [9.17, 15) is 0 Å². The van der Waals surface area contributed by atoms with Crippen molar-refractivity contribution in [1.82, 2.24) is 0 Å². The molecule has 0 fully saturated rings. The van der Waals surface area contributed by atoms with E-state index in [1.165, 1.54) is 64.2 Å². The van der Waals surface area contributed by atoms with Gasteiger partial charge >= 0.3 is 0 Å². The Kier molecular flexibility index (Phi) is 30.1. The fraction of sp³-hybridized carbons (Fsp3) is 1.00. The van der Waals surface area contributed by atoms with Crippen molar-refractivity contribution in [3.05, 3.63) is 0 Å². The Morgan fingerprint density at radius 1 is 0.292 bits per heavy atom. The second-order valence-electron chi connectivity index (χ2n) is 6.21. The van der Waals surface area contributed by atoms with Gasteiger partial charge in [0.25, 0.3) is 0 Å². The molecule has 0 aliphatic carbocycles. The van der Waals surface area contributed by atoms with Gasteiger partial charge in [0.1, 0.15) is 0 Å². The van der Waals surface area contributed by atoms with Crippen molar-refractivity contribution < 1.29 is 18.9 Å². The van der Waals surface area contributed by atoms with Crippen LogP contribution in [0.15, 0.2) is 0 Å². The maximum Gasteiger partial charge on any atom is 0.0463 e. The SMILES string of the molecule is COCCCCCCCCCCCCOC.COCCCCOC. The molecule has 0 heterocycles. The van der Waals surface area contributed by atoms with E-state index in [0.29, 0.717) is 0 Å². The highest BCUT2D eigenvalue weighted by atomic mass is 16.5. The van der Waals surface area contributed by atoms with Gasteiger partial charge in [-0.3, -0.25) is 0 Å². The number of ether oxygens (including phenoxy) is 4. The minimum absolute atomic E-state index is 0.851. The van der Waals surface area contributed by atoms with Gasteiger partial charge < -0.3 is 18.9 Å². The fourth-order valence-electron chi connectivity index (χ4n) is 2.40. The van der Waals surface area contributed by atoms with Gasteiger partial charge in [0.05, 0.1) is 0 Å². The number of hydrogen-bond donors (Lipinski definition) is 0. The number of hydrogen-bond acceptors (Lipinski definition) is 4. The van der Waals surface area contributed by atoms with E-state index in [0.717, 1.165) is 39.3 Å². The van der Waals surface area contributed by atoms with E-state index in [1.807, 2.05) is 0 Å². The molecule has 0 unspecified atom stereocenters. The lowest BCUT2D eigenvalue weighted by atomic mass is 10.1. The molecule has 24 heavy (non-hydrogen) atoms. The lowest BCUT2D eigenvalue weighted by molar-refractivity contribution is 0.159. The molecule has 148 valence electrons. The first-order valence-corrected chi connectivity index (χ1v) is 9.79. The third-order valence-corrected chi connectivity index (χ3v) is 3.89. The zero-order valence-corrected chi connectivity index (χ0v) is 16.9. The van der Waals surface area contributed by atoms with Gasteiger partial charge in [0, 0.05) is 54.9 Å². The Morgan fingerprint density at radius 2 is 0.458 bits per heavy atom. The maximum absolute atomic E-state index is 5.02. The monoisotopic (exact) mass is 348 g/mol. The van der Waals surface area contributed by atoms with Gasteiger partial charge in [-0.25, -0.2) is 0 Å². The van der Waals surface area contributed by atoms with Gasteiger partial charge in [-0.15, -0.1) is 0 Å². The summed E-state index contributed by atoms with van der Waals surface area (Å²) in [6.07, 6.45) is 15.7. The number of rotatable bonds is 18. The molecule has 0 radical (unpaired) electrons. The normalized spacial score (nSPS) is 10.5. The molecule has 0 saturated carbocycles. The van der Waals surface area contributed by atoms with E-state index in [2.05, 4.69) is 0 Å². The second-order valence-corrected chi connectivity index (χ2v) is 6.21. The molecule has 4 nitrogen and oxygen atoms in total. The van der Waals surface area contributed by atoms with Crippen LogP contribution in [0.4, 0.5) is 0 Å². The van der Waals surface area contributed by atoms with Crippen molar-refractivity contribution >= 4 is 0 Å². The molecule has 0 amide bonds. The Balaban J connectivity index is 0. The average Bonchev–Trinajstić information content (AvgIpc) is 2.60. The summed E-state index contributed by atoms with van der Waals surface area (Å²) in [5.74, 6) is 0. The first-order chi connectivity index (χ1) is 11.8. The molecule has 0 atom stereocenters. The van der Waals surface area contributed by atoms with Crippen molar-refractivity contribution in [2.45, 2.75) is 77.0 Å². The van der Waals surface area contributed by atoms with Crippen LogP contribution in [-0.2, 0) is 18.9 Å². The molecule has 0 aliphatic rings. The Morgan fingerprint density at radius 3 is 0.667 bits per heavy atom. The van der Waals surface area contributed by atoms with E-state index in [1.54, 1.807) is 28.4 Å². The van der Waals surface area contributed by atoms with Gasteiger partial charge in [-0.05, 0) is 25.7 Å². The summed E-state index contributed by atoms with van der Waals surface area (Å²) in [6, 6.07) is 0. The zero-order chi connectivity index (χ0) is 18.1. The van der Waals surface area contributed by atoms with Gasteiger partial charge in [-0.2, -0.15) is 0 Å². The Labute approximate surface area is 151 Å². The first kappa shape index (κ1) is 26.1. The summed E-state index contributed by atoms with van der Waals surface area (Å²) in [5.41, 5.74) is 0. The van der Waals surface area contributed by atoms with Gasteiger partial charge in [0.15, 0.2) is 0 Å². The molecule has 4 heteroatoms. The molecule has 0 aromatic rings. The van der Waals surface area contributed by atoms with Crippen LogP contribution in [0, 0.1) is 0 Å². The summed E-state index contributed by atoms with van der Waals surface area (Å²) in [7, 11) is 6.99. The first-order valence-electron chi connectivity index (χ1n) is 9.79. The topological polar surface area (TPSA) is 36.9 Å². The highest BCUT2D eigenvalue weighted by Gasteiger charge is 1.93. The predicted molar refractivity (Wildman–Crippen MR) is 103 cm³/mol. The summed E-state index contributed by atoms with van der Waals surface area (Å²) in [6.45, 7) is 3.56. The Bertz CT molecular complexity index is 168. The zero-order valence-electron chi connectivity index (χ0n) is 16.9. The molecule has 0 saturated heterocycles. The molecule has 0 aromatic heterocycles. The van der Waals surface area contributed by atoms with Gasteiger partial charge in [-0.1, -0.05) is 51.4 Å². The molecular weight excluding hydrogens is 304 g/mol. The molecule has 0 spiro atoms. The average molecular weight is 349 g/mol. The quantitative estimate of drug-likeness (QED) is 0.317. The minimum Gasteiger partial charge on any atom is -0.385 e. The van der Waals surface area contributed by atoms with E-state index < -0.39 is 0 Å². The Hall–Kier alpha value is -0.160. The van der Waals surface area contributed by atoms with Crippen LogP contribution in [0.2, 0.25) is 0 Å². The lowest BCUT2D eigenvalue weighted by Gasteiger charge is -2.02. The highest BCUT2D eigenvalue weighted by molar-refractivity contribution is 4.47. The highest BCUT2D eigenvalue weighted by Crippen LogP contribution is 2.10. The minimum atomic E-state index is 0.851. The molecule has 0 bridgehead atoms. The van der Waals surface area contributed by atoms with Crippen LogP contribution < -0.4 is 0 Å². The van der Waals surface area contributed by atoms with Crippen molar-refractivity contribution in [2.24, 2.45) is 0 Å². The van der Waals surface area contributed by atoms with Crippen molar-refractivity contribution in [3.8, 4) is 0 Å². The van der Waals surface area contributed by atoms with E-state index in [4.69, 9.17) is 18.9 Å². The third-order valence-electron chi connectivity index (χ3n) is 3.89. The van der Waals surface area contributed by atoms with Gasteiger partial charge in [0.2, 0.25) is 0 Å². The van der Waals surface area contributed by atoms with Crippen LogP contribution in [0.25, 0.3) is 0 Å². The van der Waals surface area contributed by atoms with Crippen LogP contribution in [0.3, 0.4) is 0 Å². The standard InChI is InChI=1S/C14H30O2.C6H14O2/c1-15-13-11-9-7-5-3-4-6-8-10-12-14-16-2;1-7-5-3-4-6-8-2/h3-14H2,1-2H3;3-6H2,1-2H3. The van der Waals surface area contributed by atoms with Crippen LogP contribution in [0.5, 0.6) is 0 Å². The van der Waals surface area contributed by atoms with E-state index >= 15 is 0 Å². The number of methoxy groups -OCH3 is 4. The fourth-order valence-corrected chi connectivity index (χ4v) is 2.40. The molecular formula is C20H44O4. The number of unbranched alkanes of at least 4 members (excludes halogenated alkanes) is 10. The largest absolute Gasteiger partial charge is 0.385 e. The molecule has 0 rings (SSSR count). The third kappa shape index (κ3) is 29.8.